The molecule has 19 heavy (non-hydrogen) atoms. The van der Waals surface area contributed by atoms with Gasteiger partial charge in [-0.25, -0.2) is 4.79 Å². The van der Waals surface area contributed by atoms with E-state index in [4.69, 9.17) is 11.5 Å². The molecule has 1 aromatic heterocycles. The van der Waals surface area contributed by atoms with E-state index in [1.807, 2.05) is 0 Å². The number of ether oxygens (including phenoxy) is 1. The van der Waals surface area contributed by atoms with E-state index in [1.165, 1.54) is 11.7 Å². The molecule has 5 nitrogen and oxygen atoms in total. The van der Waals surface area contributed by atoms with Crippen molar-refractivity contribution < 1.29 is 19.4 Å². The molecule has 0 fully saturated rings. The summed E-state index contributed by atoms with van der Waals surface area (Å²) in [5.74, 6) is 0.868. The van der Waals surface area contributed by atoms with Crippen LogP contribution in [0.5, 0.6) is 0 Å². The van der Waals surface area contributed by atoms with Crippen molar-refractivity contribution in [1.82, 2.24) is 4.57 Å². The molecule has 2 rings (SSSR count). The molecule has 1 heterocycles. The SMILES string of the molecule is C#Cc1ccc2c(c1)cc(C(=O)OC)n2CC(=O)O. The minimum absolute atomic E-state index is 0.189. The second-order valence-electron chi connectivity index (χ2n) is 3.92. The summed E-state index contributed by atoms with van der Waals surface area (Å²) in [4.78, 5) is 22.6. The van der Waals surface area contributed by atoms with E-state index in [1.54, 1.807) is 24.3 Å². The average molecular weight is 257 g/mol. The van der Waals surface area contributed by atoms with E-state index in [0.29, 0.717) is 16.5 Å². The Morgan fingerprint density at radius 3 is 2.74 bits per heavy atom. The lowest BCUT2D eigenvalue weighted by molar-refractivity contribution is -0.137. The number of aliphatic carboxylic acids is 1. The van der Waals surface area contributed by atoms with Crippen LogP contribution in [0.1, 0.15) is 16.1 Å². The first-order chi connectivity index (χ1) is 9.06. The molecule has 0 spiro atoms. The molecule has 1 N–H and O–H groups in total. The van der Waals surface area contributed by atoms with E-state index in [0.717, 1.165) is 0 Å². The van der Waals surface area contributed by atoms with E-state index in [-0.39, 0.29) is 12.2 Å². The highest BCUT2D eigenvalue weighted by atomic mass is 16.5. The number of rotatable bonds is 3. The van der Waals surface area contributed by atoms with Crippen LogP contribution in [0, 0.1) is 12.3 Å². The Hall–Kier alpha value is -2.74. The fourth-order valence-electron chi connectivity index (χ4n) is 1.94. The predicted octanol–water partition coefficient (Wildman–Crippen LogP) is 1.49. The topological polar surface area (TPSA) is 68.5 Å². The van der Waals surface area contributed by atoms with E-state index in [9.17, 15) is 9.59 Å². The lowest BCUT2D eigenvalue weighted by atomic mass is 10.1. The van der Waals surface area contributed by atoms with Crippen LogP contribution in [-0.4, -0.2) is 28.7 Å². The lowest BCUT2D eigenvalue weighted by Gasteiger charge is -2.06. The minimum atomic E-state index is -1.04. The maximum atomic E-state index is 11.7. The summed E-state index contributed by atoms with van der Waals surface area (Å²) in [5, 5.41) is 9.62. The summed E-state index contributed by atoms with van der Waals surface area (Å²) in [7, 11) is 1.25. The Bertz CT molecular complexity index is 706. The molecule has 1 aromatic carbocycles. The van der Waals surface area contributed by atoms with Gasteiger partial charge in [0.25, 0.3) is 0 Å². The smallest absolute Gasteiger partial charge is 0.354 e. The molecule has 5 heteroatoms. The van der Waals surface area contributed by atoms with Crippen molar-refractivity contribution in [2.45, 2.75) is 6.54 Å². The molecule has 0 aliphatic rings. The molecule has 0 saturated heterocycles. The summed E-state index contributed by atoms with van der Waals surface area (Å²) in [6, 6.07) is 6.69. The molecule has 0 amide bonds. The van der Waals surface area contributed by atoms with Gasteiger partial charge >= 0.3 is 11.9 Å². The van der Waals surface area contributed by atoms with Gasteiger partial charge < -0.3 is 14.4 Å². The monoisotopic (exact) mass is 257 g/mol. The molecule has 0 aliphatic heterocycles. The Balaban J connectivity index is 2.69. The number of hydrogen-bond acceptors (Lipinski definition) is 3. The number of aromatic nitrogens is 1. The van der Waals surface area contributed by atoms with E-state index in [2.05, 4.69) is 10.7 Å². The fourth-order valence-corrected chi connectivity index (χ4v) is 1.94. The molecule has 0 bridgehead atoms. The molecular formula is C14H11NO4. The van der Waals surface area contributed by atoms with Crippen LogP contribution >= 0.6 is 0 Å². The van der Waals surface area contributed by atoms with Crippen molar-refractivity contribution in [2.24, 2.45) is 0 Å². The Labute approximate surface area is 109 Å². The summed E-state index contributed by atoms with van der Waals surface area (Å²) in [5.41, 5.74) is 1.48. The summed E-state index contributed by atoms with van der Waals surface area (Å²) < 4.78 is 6.04. The maximum absolute atomic E-state index is 11.7. The van der Waals surface area contributed by atoms with E-state index >= 15 is 0 Å². The van der Waals surface area contributed by atoms with E-state index < -0.39 is 11.9 Å². The molecular weight excluding hydrogens is 246 g/mol. The number of terminal acetylenes is 1. The van der Waals surface area contributed by atoms with Gasteiger partial charge in [-0.15, -0.1) is 6.42 Å². The van der Waals surface area contributed by atoms with Crippen LogP contribution in [0.25, 0.3) is 10.9 Å². The number of carbonyl (C=O) groups excluding carboxylic acids is 1. The number of hydrogen-bond donors (Lipinski definition) is 1. The van der Waals surface area contributed by atoms with Crippen LogP contribution < -0.4 is 0 Å². The summed E-state index contributed by atoms with van der Waals surface area (Å²) in [6.07, 6.45) is 5.31. The van der Waals surface area contributed by atoms with Gasteiger partial charge in [0, 0.05) is 16.5 Å². The molecule has 0 unspecified atom stereocenters. The van der Waals surface area contributed by atoms with Gasteiger partial charge in [0.05, 0.1) is 7.11 Å². The number of carboxylic acid groups (broad SMARTS) is 1. The highest BCUT2D eigenvalue weighted by Crippen LogP contribution is 2.22. The van der Waals surface area contributed by atoms with Crippen molar-refractivity contribution in [1.29, 1.82) is 0 Å². The number of benzene rings is 1. The number of methoxy groups -OCH3 is 1. The molecule has 2 aromatic rings. The standard InChI is InChI=1S/C14H11NO4/c1-3-9-4-5-11-10(6-9)7-12(14(18)19-2)15(11)8-13(16)17/h1,4-7H,8H2,2H3,(H,16,17). The molecule has 0 saturated carbocycles. The summed E-state index contributed by atoms with van der Waals surface area (Å²) in [6.45, 7) is -0.316. The van der Waals surface area contributed by atoms with Gasteiger partial charge in [-0.2, -0.15) is 0 Å². The first-order valence-corrected chi connectivity index (χ1v) is 5.47. The zero-order valence-corrected chi connectivity index (χ0v) is 10.2. The average Bonchev–Trinajstić information content (AvgIpc) is 2.75. The zero-order chi connectivity index (χ0) is 14.0. The minimum Gasteiger partial charge on any atom is -0.480 e. The molecule has 96 valence electrons. The second-order valence-corrected chi connectivity index (χ2v) is 3.92. The number of esters is 1. The third kappa shape index (κ3) is 2.29. The van der Waals surface area contributed by atoms with Crippen molar-refractivity contribution in [2.75, 3.05) is 7.11 Å². The van der Waals surface area contributed by atoms with Crippen molar-refractivity contribution >= 4 is 22.8 Å². The number of fused-ring (bicyclic) bond motifs is 1. The fraction of sp³-hybridized carbons (Fsp3) is 0.143. The highest BCUT2D eigenvalue weighted by molar-refractivity contribution is 5.96. The van der Waals surface area contributed by atoms with Gasteiger partial charge in [-0.3, -0.25) is 4.79 Å². The van der Waals surface area contributed by atoms with Crippen LogP contribution in [0.4, 0.5) is 0 Å². The van der Waals surface area contributed by atoms with Gasteiger partial charge in [-0.1, -0.05) is 5.92 Å². The molecule has 0 radical (unpaired) electrons. The highest BCUT2D eigenvalue weighted by Gasteiger charge is 2.17. The third-order valence-corrected chi connectivity index (χ3v) is 2.76. The molecule has 0 atom stereocenters. The van der Waals surface area contributed by atoms with Crippen LogP contribution in [-0.2, 0) is 16.1 Å². The van der Waals surface area contributed by atoms with Crippen LogP contribution in [0.3, 0.4) is 0 Å². The molecule has 0 aliphatic carbocycles. The van der Waals surface area contributed by atoms with Crippen LogP contribution in [0.2, 0.25) is 0 Å². The number of carboxylic acids is 1. The number of carbonyl (C=O) groups is 2. The Morgan fingerprint density at radius 1 is 1.42 bits per heavy atom. The predicted molar refractivity (Wildman–Crippen MR) is 68.8 cm³/mol. The maximum Gasteiger partial charge on any atom is 0.354 e. The normalized spacial score (nSPS) is 10.1. The Kier molecular flexibility index (Phi) is 3.25. The first kappa shape index (κ1) is 12.7. The van der Waals surface area contributed by atoms with Crippen LogP contribution in [0.15, 0.2) is 24.3 Å². The largest absolute Gasteiger partial charge is 0.480 e. The first-order valence-electron chi connectivity index (χ1n) is 5.47. The number of nitrogens with zero attached hydrogens (tertiary/aromatic N) is 1. The quantitative estimate of drug-likeness (QED) is 0.668. The van der Waals surface area contributed by atoms with Gasteiger partial charge in [-0.05, 0) is 24.3 Å². The second kappa shape index (κ2) is 4.86. The zero-order valence-electron chi connectivity index (χ0n) is 10.2. The van der Waals surface area contributed by atoms with Crippen molar-refractivity contribution in [3.05, 3.63) is 35.5 Å². The lowest BCUT2D eigenvalue weighted by Crippen LogP contribution is -2.15. The summed E-state index contributed by atoms with van der Waals surface area (Å²) >= 11 is 0. The van der Waals surface area contributed by atoms with Gasteiger partial charge in [0.1, 0.15) is 12.2 Å². The third-order valence-electron chi connectivity index (χ3n) is 2.76. The van der Waals surface area contributed by atoms with Gasteiger partial charge in [0.15, 0.2) is 0 Å². The van der Waals surface area contributed by atoms with Gasteiger partial charge in [0.2, 0.25) is 0 Å². The van der Waals surface area contributed by atoms with Crippen molar-refractivity contribution in [3.63, 3.8) is 0 Å². The Morgan fingerprint density at radius 2 is 2.16 bits per heavy atom. The van der Waals surface area contributed by atoms with Crippen molar-refractivity contribution in [3.8, 4) is 12.3 Å².